The molecule has 0 fully saturated rings. The number of nitrogens with one attached hydrogen (secondary N) is 1. The zero-order chi connectivity index (χ0) is 18.8. The Balaban J connectivity index is 2.37. The van der Waals surface area contributed by atoms with Crippen molar-refractivity contribution in [3.63, 3.8) is 0 Å². The Labute approximate surface area is 142 Å². The summed E-state index contributed by atoms with van der Waals surface area (Å²) in [6, 6.07) is 2.13. The fourth-order valence-electron chi connectivity index (χ4n) is 2.29. The molecule has 2 aromatic rings. The highest BCUT2D eigenvalue weighted by atomic mass is 19.4. The summed E-state index contributed by atoms with van der Waals surface area (Å²) < 4.78 is 39.3. The number of carbonyl (C=O) groups excluding carboxylic acids is 1. The van der Waals surface area contributed by atoms with Crippen molar-refractivity contribution in [3.8, 4) is 5.82 Å². The molecule has 2 N–H and O–H groups in total. The molecule has 9 heteroatoms. The van der Waals surface area contributed by atoms with Crippen LogP contribution in [-0.4, -0.2) is 38.4 Å². The van der Waals surface area contributed by atoms with Gasteiger partial charge in [0.2, 0.25) is 0 Å². The lowest BCUT2D eigenvalue weighted by Crippen LogP contribution is -2.31. The SMILES string of the molecule is CC(O)CNC(=O)c1cnn(-c2ccc(C(F)(F)F)cn2)c1C(C)C. The van der Waals surface area contributed by atoms with Gasteiger partial charge >= 0.3 is 6.18 Å². The summed E-state index contributed by atoms with van der Waals surface area (Å²) >= 11 is 0. The first-order chi connectivity index (χ1) is 11.6. The van der Waals surface area contributed by atoms with Crippen LogP contribution in [0.15, 0.2) is 24.5 Å². The largest absolute Gasteiger partial charge is 0.417 e. The summed E-state index contributed by atoms with van der Waals surface area (Å²) in [5.41, 5.74) is -0.0443. The Morgan fingerprint density at radius 1 is 1.28 bits per heavy atom. The standard InChI is InChI=1S/C16H19F3N4O2/c1-9(2)14-12(15(25)21-6-10(3)24)8-22-23(14)13-5-4-11(7-20-13)16(17,18)19/h4-5,7-10,24H,6H2,1-3H3,(H,21,25). The summed E-state index contributed by atoms with van der Waals surface area (Å²) in [5, 5.41) is 15.9. The maximum absolute atomic E-state index is 12.7. The molecule has 0 aliphatic carbocycles. The molecule has 136 valence electrons. The van der Waals surface area contributed by atoms with Gasteiger partial charge in [-0.1, -0.05) is 13.8 Å². The van der Waals surface area contributed by atoms with E-state index < -0.39 is 23.8 Å². The number of amides is 1. The van der Waals surface area contributed by atoms with Crippen molar-refractivity contribution in [2.45, 2.75) is 39.0 Å². The van der Waals surface area contributed by atoms with Gasteiger partial charge < -0.3 is 10.4 Å². The maximum atomic E-state index is 12.7. The lowest BCUT2D eigenvalue weighted by atomic mass is 10.1. The van der Waals surface area contributed by atoms with Crippen molar-refractivity contribution in [1.82, 2.24) is 20.1 Å². The van der Waals surface area contributed by atoms with E-state index in [-0.39, 0.29) is 23.8 Å². The van der Waals surface area contributed by atoms with Gasteiger partial charge in [-0.05, 0) is 25.0 Å². The molecule has 0 aliphatic heterocycles. The van der Waals surface area contributed by atoms with Gasteiger partial charge in [-0.3, -0.25) is 4.79 Å². The van der Waals surface area contributed by atoms with E-state index in [1.807, 2.05) is 13.8 Å². The van der Waals surface area contributed by atoms with Gasteiger partial charge in [0, 0.05) is 12.7 Å². The molecule has 1 unspecified atom stereocenters. The third-order valence-electron chi connectivity index (χ3n) is 3.45. The number of aromatic nitrogens is 3. The Hall–Kier alpha value is -2.42. The van der Waals surface area contributed by atoms with Crippen molar-refractivity contribution >= 4 is 5.91 Å². The fourth-order valence-corrected chi connectivity index (χ4v) is 2.29. The number of aliphatic hydroxyl groups excluding tert-OH is 1. The van der Waals surface area contributed by atoms with Crippen molar-refractivity contribution in [2.24, 2.45) is 0 Å². The van der Waals surface area contributed by atoms with Crippen molar-refractivity contribution in [1.29, 1.82) is 0 Å². The predicted molar refractivity (Wildman–Crippen MR) is 84.5 cm³/mol. The predicted octanol–water partition coefficient (Wildman–Crippen LogP) is 2.52. The number of nitrogens with zero attached hydrogens (tertiary/aromatic N) is 3. The number of aliphatic hydroxyl groups is 1. The second-order valence-corrected chi connectivity index (χ2v) is 5.97. The number of alkyl halides is 3. The van der Waals surface area contributed by atoms with Crippen LogP contribution < -0.4 is 5.32 Å². The van der Waals surface area contributed by atoms with E-state index >= 15 is 0 Å². The van der Waals surface area contributed by atoms with Crippen LogP contribution in [0.25, 0.3) is 5.82 Å². The second kappa shape index (κ2) is 7.22. The second-order valence-electron chi connectivity index (χ2n) is 5.97. The van der Waals surface area contributed by atoms with Gasteiger partial charge in [0.15, 0.2) is 5.82 Å². The zero-order valence-electron chi connectivity index (χ0n) is 14.0. The average Bonchev–Trinajstić information content (AvgIpc) is 2.97. The highest BCUT2D eigenvalue weighted by Gasteiger charge is 2.31. The number of hydrogen-bond donors (Lipinski definition) is 2. The third kappa shape index (κ3) is 4.36. The van der Waals surface area contributed by atoms with Gasteiger partial charge in [-0.15, -0.1) is 0 Å². The first kappa shape index (κ1) is 18.9. The quantitative estimate of drug-likeness (QED) is 0.863. The van der Waals surface area contributed by atoms with Crippen LogP contribution in [0.1, 0.15) is 48.3 Å². The Morgan fingerprint density at radius 2 is 1.96 bits per heavy atom. The van der Waals surface area contributed by atoms with Crippen LogP contribution in [-0.2, 0) is 6.18 Å². The van der Waals surface area contributed by atoms with E-state index in [4.69, 9.17) is 0 Å². The van der Waals surface area contributed by atoms with E-state index in [1.54, 1.807) is 6.92 Å². The van der Waals surface area contributed by atoms with Gasteiger partial charge in [0.05, 0.1) is 29.1 Å². The van der Waals surface area contributed by atoms with Crippen LogP contribution in [0.2, 0.25) is 0 Å². The first-order valence-corrected chi connectivity index (χ1v) is 7.69. The molecular formula is C16H19F3N4O2. The topological polar surface area (TPSA) is 80.0 Å². The highest BCUT2D eigenvalue weighted by Crippen LogP contribution is 2.29. The molecular weight excluding hydrogens is 337 g/mol. The van der Waals surface area contributed by atoms with E-state index in [0.717, 1.165) is 12.3 Å². The number of carbonyl (C=O) groups is 1. The fraction of sp³-hybridized carbons (Fsp3) is 0.438. The van der Waals surface area contributed by atoms with E-state index in [9.17, 15) is 23.1 Å². The van der Waals surface area contributed by atoms with Crippen molar-refractivity contribution in [3.05, 3.63) is 41.3 Å². The van der Waals surface area contributed by atoms with Crippen LogP contribution in [0.3, 0.4) is 0 Å². The molecule has 2 aromatic heterocycles. The van der Waals surface area contributed by atoms with Crippen LogP contribution >= 0.6 is 0 Å². The highest BCUT2D eigenvalue weighted by molar-refractivity contribution is 5.95. The normalized spacial score (nSPS) is 13.1. The molecule has 2 heterocycles. The Kier molecular flexibility index (Phi) is 5.46. The summed E-state index contributed by atoms with van der Waals surface area (Å²) in [6.07, 6.45) is -3.10. The smallest absolute Gasteiger partial charge is 0.392 e. The monoisotopic (exact) mass is 356 g/mol. The summed E-state index contributed by atoms with van der Waals surface area (Å²) in [5.74, 6) is -0.354. The molecule has 0 saturated heterocycles. The summed E-state index contributed by atoms with van der Waals surface area (Å²) in [7, 11) is 0. The van der Waals surface area contributed by atoms with Crippen LogP contribution in [0.5, 0.6) is 0 Å². The number of hydrogen-bond acceptors (Lipinski definition) is 4. The van der Waals surface area contributed by atoms with E-state index in [1.165, 1.54) is 16.9 Å². The minimum absolute atomic E-state index is 0.0834. The molecule has 0 aliphatic rings. The molecule has 1 amide bonds. The minimum atomic E-state index is -4.47. The van der Waals surface area contributed by atoms with Crippen molar-refractivity contribution < 1.29 is 23.1 Å². The molecule has 0 aromatic carbocycles. The van der Waals surface area contributed by atoms with Gasteiger partial charge in [0.1, 0.15) is 0 Å². The first-order valence-electron chi connectivity index (χ1n) is 7.69. The van der Waals surface area contributed by atoms with Crippen LogP contribution in [0, 0.1) is 0 Å². The summed E-state index contributed by atoms with van der Waals surface area (Å²) in [6.45, 7) is 5.30. The molecule has 0 radical (unpaired) electrons. The van der Waals surface area contributed by atoms with Crippen molar-refractivity contribution in [2.75, 3.05) is 6.54 Å². The molecule has 0 spiro atoms. The zero-order valence-corrected chi connectivity index (χ0v) is 14.0. The third-order valence-corrected chi connectivity index (χ3v) is 3.45. The molecule has 2 rings (SSSR count). The Bertz CT molecular complexity index is 737. The molecule has 25 heavy (non-hydrogen) atoms. The van der Waals surface area contributed by atoms with Gasteiger partial charge in [-0.25, -0.2) is 9.67 Å². The molecule has 1 atom stereocenters. The maximum Gasteiger partial charge on any atom is 0.417 e. The Morgan fingerprint density at radius 3 is 2.44 bits per heavy atom. The van der Waals surface area contributed by atoms with Gasteiger partial charge in [0.25, 0.3) is 5.91 Å². The lowest BCUT2D eigenvalue weighted by Gasteiger charge is -2.13. The number of rotatable bonds is 5. The average molecular weight is 356 g/mol. The molecule has 0 saturated carbocycles. The van der Waals surface area contributed by atoms with E-state index in [2.05, 4.69) is 15.4 Å². The number of halogens is 3. The summed E-state index contributed by atoms with van der Waals surface area (Å²) in [4.78, 5) is 16.1. The van der Waals surface area contributed by atoms with E-state index in [0.29, 0.717) is 5.69 Å². The minimum Gasteiger partial charge on any atom is -0.392 e. The van der Waals surface area contributed by atoms with Crippen LogP contribution in [0.4, 0.5) is 13.2 Å². The van der Waals surface area contributed by atoms with Gasteiger partial charge in [-0.2, -0.15) is 18.3 Å². The molecule has 0 bridgehead atoms. The molecule has 6 nitrogen and oxygen atoms in total. The number of pyridine rings is 1. The lowest BCUT2D eigenvalue weighted by molar-refractivity contribution is -0.137.